The van der Waals surface area contributed by atoms with Crippen molar-refractivity contribution in [3.63, 3.8) is 0 Å². The van der Waals surface area contributed by atoms with Gasteiger partial charge in [0.25, 0.3) is 0 Å². The average Bonchev–Trinajstić information content (AvgIpc) is 3.34. The van der Waals surface area contributed by atoms with Gasteiger partial charge in [-0.05, 0) is 64.2 Å². The molecule has 0 saturated heterocycles. The smallest absolute Gasteiger partial charge is 0.305 e. The van der Waals surface area contributed by atoms with E-state index in [9.17, 15) is 19.8 Å². The summed E-state index contributed by atoms with van der Waals surface area (Å²) in [4.78, 5) is 24.5. The van der Waals surface area contributed by atoms with Gasteiger partial charge in [0.2, 0.25) is 5.91 Å². The third kappa shape index (κ3) is 53.4. The summed E-state index contributed by atoms with van der Waals surface area (Å²) >= 11 is 0. The van der Waals surface area contributed by atoms with Crippen LogP contribution in [0.15, 0.2) is 36.5 Å². The van der Waals surface area contributed by atoms with Gasteiger partial charge < -0.3 is 20.3 Å². The summed E-state index contributed by atoms with van der Waals surface area (Å²) in [5.74, 6) is -0.0615. The average molecular weight is 957 g/mol. The number of aliphatic hydroxyl groups excluding tert-OH is 2. The molecule has 2 unspecified atom stereocenters. The van der Waals surface area contributed by atoms with Gasteiger partial charge in [0.1, 0.15) is 0 Å². The van der Waals surface area contributed by atoms with Crippen LogP contribution in [-0.2, 0) is 14.3 Å². The van der Waals surface area contributed by atoms with Crippen molar-refractivity contribution in [1.82, 2.24) is 5.32 Å². The largest absolute Gasteiger partial charge is 0.466 e. The van der Waals surface area contributed by atoms with Gasteiger partial charge in [-0.3, -0.25) is 9.59 Å². The number of hydrogen-bond acceptors (Lipinski definition) is 5. The number of allylic oxidation sites excluding steroid dienone is 5. The summed E-state index contributed by atoms with van der Waals surface area (Å²) < 4.78 is 5.49. The summed E-state index contributed by atoms with van der Waals surface area (Å²) in [6.45, 7) is 4.86. The van der Waals surface area contributed by atoms with Gasteiger partial charge in [-0.25, -0.2) is 0 Å². The molecule has 0 heterocycles. The summed E-state index contributed by atoms with van der Waals surface area (Å²) in [5, 5.41) is 23.0. The molecule has 0 aromatic rings. The van der Waals surface area contributed by atoms with E-state index in [4.69, 9.17) is 4.74 Å². The van der Waals surface area contributed by atoms with Crippen molar-refractivity contribution >= 4 is 11.9 Å². The quantitative estimate of drug-likeness (QED) is 0.0321. The van der Waals surface area contributed by atoms with Crippen LogP contribution >= 0.6 is 0 Å². The summed E-state index contributed by atoms with van der Waals surface area (Å²) in [7, 11) is 0. The van der Waals surface area contributed by atoms with E-state index in [1.807, 2.05) is 6.08 Å². The molecule has 0 aromatic heterocycles. The predicted molar refractivity (Wildman–Crippen MR) is 296 cm³/mol. The predicted octanol–water partition coefficient (Wildman–Crippen LogP) is 18.8. The van der Waals surface area contributed by atoms with E-state index >= 15 is 0 Å². The number of rotatable bonds is 56. The van der Waals surface area contributed by atoms with Gasteiger partial charge in [0.15, 0.2) is 0 Å². The molecule has 0 rings (SSSR count). The maximum Gasteiger partial charge on any atom is 0.305 e. The maximum absolute atomic E-state index is 12.4. The van der Waals surface area contributed by atoms with Crippen LogP contribution in [0.5, 0.6) is 0 Å². The molecular formula is C62H117NO5. The second kappa shape index (κ2) is 57.7. The fourth-order valence-corrected chi connectivity index (χ4v) is 9.25. The van der Waals surface area contributed by atoms with E-state index in [1.54, 1.807) is 6.08 Å². The topological polar surface area (TPSA) is 95.9 Å². The van der Waals surface area contributed by atoms with E-state index < -0.39 is 12.1 Å². The number of carbonyl (C=O) groups excluding carboxylic acids is 2. The van der Waals surface area contributed by atoms with Crippen molar-refractivity contribution in [1.29, 1.82) is 0 Å². The van der Waals surface area contributed by atoms with E-state index in [0.717, 1.165) is 51.4 Å². The Bertz CT molecular complexity index is 1100. The highest BCUT2D eigenvalue weighted by Gasteiger charge is 2.18. The number of unbranched alkanes of at least 4 members (excludes halogenated alkanes) is 41. The molecule has 2 atom stereocenters. The summed E-state index contributed by atoms with van der Waals surface area (Å²) in [6, 6.07) is -0.625. The van der Waals surface area contributed by atoms with Crippen molar-refractivity contribution in [2.45, 2.75) is 334 Å². The van der Waals surface area contributed by atoms with Crippen LogP contribution in [0.3, 0.4) is 0 Å². The zero-order valence-electron chi connectivity index (χ0n) is 45.6. The van der Waals surface area contributed by atoms with Gasteiger partial charge in [0, 0.05) is 12.8 Å². The Morgan fingerprint density at radius 3 is 1.15 bits per heavy atom. The van der Waals surface area contributed by atoms with E-state index in [2.05, 4.69) is 43.5 Å². The van der Waals surface area contributed by atoms with Crippen LogP contribution in [0.1, 0.15) is 322 Å². The molecule has 400 valence electrons. The monoisotopic (exact) mass is 956 g/mol. The zero-order valence-corrected chi connectivity index (χ0v) is 45.6. The summed E-state index contributed by atoms with van der Waals surface area (Å²) in [6.07, 6.45) is 71.9. The van der Waals surface area contributed by atoms with Crippen molar-refractivity contribution in [3.8, 4) is 0 Å². The van der Waals surface area contributed by atoms with E-state index in [1.165, 1.54) is 244 Å². The minimum Gasteiger partial charge on any atom is -0.466 e. The van der Waals surface area contributed by atoms with Gasteiger partial charge in [0.05, 0.1) is 25.4 Å². The number of hydrogen-bond donors (Lipinski definition) is 3. The van der Waals surface area contributed by atoms with E-state index in [-0.39, 0.29) is 18.5 Å². The van der Waals surface area contributed by atoms with E-state index in [0.29, 0.717) is 19.4 Å². The standard InChI is InChI=1S/C62H117NO5/c1-3-5-7-9-11-13-15-16-17-26-30-33-36-40-44-48-52-56-62(67)68-57-53-49-45-41-37-34-31-28-25-23-21-19-18-20-22-24-27-29-32-35-39-43-47-51-55-61(66)63-59(58-64)60(65)54-50-46-42-38-14-12-10-8-6-4-2/h11,13,16-17,50,54,59-60,64-65H,3-10,12,14-15,18-49,51-53,55-58H2,1-2H3,(H,63,66)/b13-11-,17-16-,54-50+. The fraction of sp³-hybridized carbons (Fsp3) is 0.871. The maximum atomic E-state index is 12.4. The first-order valence-electron chi connectivity index (χ1n) is 30.3. The Labute approximate surface area is 424 Å². The van der Waals surface area contributed by atoms with Crippen LogP contribution in [0.4, 0.5) is 0 Å². The number of amides is 1. The molecule has 0 aliphatic rings. The molecule has 6 heteroatoms. The lowest BCUT2D eigenvalue weighted by atomic mass is 10.0. The molecule has 0 aliphatic carbocycles. The third-order valence-corrected chi connectivity index (χ3v) is 13.9. The van der Waals surface area contributed by atoms with Crippen LogP contribution < -0.4 is 5.32 Å². The van der Waals surface area contributed by atoms with Crippen LogP contribution in [-0.4, -0.2) is 47.4 Å². The van der Waals surface area contributed by atoms with Crippen molar-refractivity contribution in [2.24, 2.45) is 0 Å². The highest BCUT2D eigenvalue weighted by molar-refractivity contribution is 5.76. The molecule has 0 radical (unpaired) electrons. The number of esters is 1. The molecule has 3 N–H and O–H groups in total. The highest BCUT2D eigenvalue weighted by Crippen LogP contribution is 2.17. The lowest BCUT2D eigenvalue weighted by Crippen LogP contribution is -2.45. The Balaban J connectivity index is 3.35. The minimum absolute atomic E-state index is 0.00697. The Morgan fingerprint density at radius 2 is 0.735 bits per heavy atom. The molecule has 0 saturated carbocycles. The molecule has 0 fully saturated rings. The highest BCUT2D eigenvalue weighted by atomic mass is 16.5. The molecule has 68 heavy (non-hydrogen) atoms. The van der Waals surface area contributed by atoms with Crippen molar-refractivity contribution < 1.29 is 24.5 Å². The molecule has 0 bridgehead atoms. The molecule has 0 aromatic carbocycles. The molecular weight excluding hydrogens is 839 g/mol. The lowest BCUT2D eigenvalue weighted by Gasteiger charge is -2.20. The lowest BCUT2D eigenvalue weighted by molar-refractivity contribution is -0.143. The Morgan fingerprint density at radius 1 is 0.412 bits per heavy atom. The number of aliphatic hydroxyl groups is 2. The number of carbonyl (C=O) groups is 2. The number of nitrogens with one attached hydrogen (secondary N) is 1. The second-order valence-corrected chi connectivity index (χ2v) is 20.7. The van der Waals surface area contributed by atoms with Crippen LogP contribution in [0, 0.1) is 0 Å². The van der Waals surface area contributed by atoms with Gasteiger partial charge in [-0.15, -0.1) is 0 Å². The second-order valence-electron chi connectivity index (χ2n) is 20.7. The Kier molecular flexibility index (Phi) is 56.0. The van der Waals surface area contributed by atoms with Crippen molar-refractivity contribution in [3.05, 3.63) is 36.5 Å². The summed E-state index contributed by atoms with van der Waals surface area (Å²) in [5.41, 5.74) is 0. The first kappa shape index (κ1) is 66.1. The molecule has 6 nitrogen and oxygen atoms in total. The minimum atomic E-state index is -0.842. The molecule has 0 spiro atoms. The Hall–Kier alpha value is -1.92. The molecule has 1 amide bonds. The normalized spacial score (nSPS) is 12.8. The first-order valence-corrected chi connectivity index (χ1v) is 30.3. The van der Waals surface area contributed by atoms with Gasteiger partial charge in [-0.1, -0.05) is 281 Å². The third-order valence-electron chi connectivity index (χ3n) is 13.9. The van der Waals surface area contributed by atoms with Crippen LogP contribution in [0.25, 0.3) is 0 Å². The van der Waals surface area contributed by atoms with Crippen LogP contribution in [0.2, 0.25) is 0 Å². The SMILES string of the molecule is CCCCC/C=C\C/C=C\CCCCCCCCCC(=O)OCCCCCCCCCCCCCCCCCCCCCCCCCCC(=O)NC(CO)C(O)/C=C/CCCCCCCCCC. The van der Waals surface area contributed by atoms with Gasteiger partial charge >= 0.3 is 5.97 Å². The van der Waals surface area contributed by atoms with Gasteiger partial charge in [-0.2, -0.15) is 0 Å². The number of ether oxygens (including phenoxy) is 1. The zero-order chi connectivity index (χ0) is 49.3. The first-order chi connectivity index (χ1) is 33.5. The van der Waals surface area contributed by atoms with Crippen molar-refractivity contribution in [2.75, 3.05) is 13.2 Å². The fourth-order valence-electron chi connectivity index (χ4n) is 9.25. The molecule has 0 aliphatic heterocycles.